The molecule has 2 aromatic rings. The minimum absolute atomic E-state index is 0.681. The van der Waals surface area contributed by atoms with Crippen molar-refractivity contribution in [2.24, 2.45) is 0 Å². The number of ether oxygens (including phenoxy) is 1. The van der Waals surface area contributed by atoms with Gasteiger partial charge in [-0.2, -0.15) is 0 Å². The lowest BCUT2D eigenvalue weighted by Gasteiger charge is -2.12. The highest BCUT2D eigenvalue weighted by Gasteiger charge is 2.11. The largest absolute Gasteiger partial charge is 0.490 e. The molecule has 0 aliphatic carbocycles. The van der Waals surface area contributed by atoms with Crippen LogP contribution < -0.4 is 10.1 Å². The molecule has 5 heteroatoms. The van der Waals surface area contributed by atoms with Crippen LogP contribution in [0.15, 0.2) is 24.4 Å². The Morgan fingerprint density at radius 2 is 2.25 bits per heavy atom. The van der Waals surface area contributed by atoms with Gasteiger partial charge in [0.15, 0.2) is 5.75 Å². The number of fused-ring (bicyclic) bond motifs is 1. The van der Waals surface area contributed by atoms with Crippen molar-refractivity contribution in [1.82, 2.24) is 10.3 Å². The van der Waals surface area contributed by atoms with Crippen molar-refractivity contribution in [3.8, 4) is 5.75 Å². The Labute approximate surface area is 138 Å². The Bertz CT molecular complexity index is 577. The monoisotopic (exact) mass is 404 g/mol. The van der Waals surface area contributed by atoms with Gasteiger partial charge in [-0.05, 0) is 66.7 Å². The first-order valence-electron chi connectivity index (χ1n) is 6.80. The summed E-state index contributed by atoms with van der Waals surface area (Å²) >= 11 is 8.49. The molecule has 0 atom stereocenters. The van der Waals surface area contributed by atoms with Gasteiger partial charge in [-0.15, -0.1) is 0 Å². The summed E-state index contributed by atoms with van der Waals surface area (Å²) in [5.74, 6) is 0.834. The predicted molar refractivity (Wildman–Crippen MR) is 92.7 cm³/mol. The van der Waals surface area contributed by atoms with Crippen LogP contribution in [0.5, 0.6) is 5.75 Å². The highest BCUT2D eigenvalue weighted by atomic mass is 127. The molecule has 2 rings (SSSR count). The molecule has 0 fully saturated rings. The Morgan fingerprint density at radius 1 is 1.40 bits per heavy atom. The lowest BCUT2D eigenvalue weighted by atomic mass is 10.2. The van der Waals surface area contributed by atoms with Crippen LogP contribution in [0, 0.1) is 3.57 Å². The van der Waals surface area contributed by atoms with Gasteiger partial charge in [-0.25, -0.2) is 0 Å². The summed E-state index contributed by atoms with van der Waals surface area (Å²) < 4.78 is 6.92. The molecule has 3 nitrogen and oxygen atoms in total. The maximum atomic E-state index is 6.24. The van der Waals surface area contributed by atoms with Crippen LogP contribution in [0.1, 0.15) is 19.8 Å². The molecule has 1 aromatic heterocycles. The van der Waals surface area contributed by atoms with E-state index in [0.29, 0.717) is 6.61 Å². The van der Waals surface area contributed by atoms with E-state index in [-0.39, 0.29) is 0 Å². The van der Waals surface area contributed by atoms with Crippen LogP contribution in [0.25, 0.3) is 10.9 Å². The third kappa shape index (κ3) is 3.96. The molecule has 0 saturated carbocycles. The standard InChI is InChI=1S/C15H18ClIN2O/c1-2-6-18-7-4-9-20-15-13(17)10-12(16)11-5-3-8-19-14(11)15/h3,5,8,10,18H,2,4,6-7,9H2,1H3. The number of pyridine rings is 1. The summed E-state index contributed by atoms with van der Waals surface area (Å²) in [6.07, 6.45) is 3.90. The number of nitrogens with one attached hydrogen (secondary N) is 1. The van der Waals surface area contributed by atoms with Crippen molar-refractivity contribution < 1.29 is 4.74 Å². The second kappa shape index (κ2) is 8.00. The molecule has 0 aliphatic rings. The molecule has 108 valence electrons. The van der Waals surface area contributed by atoms with E-state index < -0.39 is 0 Å². The highest BCUT2D eigenvalue weighted by Crippen LogP contribution is 2.34. The van der Waals surface area contributed by atoms with Crippen molar-refractivity contribution in [3.63, 3.8) is 0 Å². The molecule has 1 aromatic carbocycles. The summed E-state index contributed by atoms with van der Waals surface area (Å²) in [7, 11) is 0. The van der Waals surface area contributed by atoms with Gasteiger partial charge >= 0.3 is 0 Å². The average Bonchev–Trinajstić information content (AvgIpc) is 2.45. The Balaban J connectivity index is 2.06. The predicted octanol–water partition coefficient (Wildman–Crippen LogP) is 4.26. The van der Waals surface area contributed by atoms with Crippen LogP contribution in [-0.4, -0.2) is 24.7 Å². The van der Waals surface area contributed by atoms with Gasteiger partial charge in [-0.3, -0.25) is 4.98 Å². The van der Waals surface area contributed by atoms with Crippen LogP contribution in [0.3, 0.4) is 0 Å². The molecule has 0 spiro atoms. The van der Waals surface area contributed by atoms with Crippen molar-refractivity contribution in [1.29, 1.82) is 0 Å². The number of benzene rings is 1. The van der Waals surface area contributed by atoms with E-state index in [1.165, 1.54) is 0 Å². The van der Waals surface area contributed by atoms with Crippen LogP contribution in [-0.2, 0) is 0 Å². The van der Waals surface area contributed by atoms with Crippen LogP contribution >= 0.6 is 34.2 Å². The maximum Gasteiger partial charge on any atom is 0.158 e. The lowest BCUT2D eigenvalue weighted by molar-refractivity contribution is 0.309. The average molecular weight is 405 g/mol. The summed E-state index contributed by atoms with van der Waals surface area (Å²) in [5.41, 5.74) is 0.839. The van der Waals surface area contributed by atoms with E-state index >= 15 is 0 Å². The van der Waals surface area contributed by atoms with Crippen molar-refractivity contribution in [2.75, 3.05) is 19.7 Å². The Kier molecular flexibility index (Phi) is 6.32. The van der Waals surface area contributed by atoms with Crippen molar-refractivity contribution in [3.05, 3.63) is 33.0 Å². The Morgan fingerprint density at radius 3 is 3.05 bits per heavy atom. The normalized spacial score (nSPS) is 10.9. The van der Waals surface area contributed by atoms with Gasteiger partial charge < -0.3 is 10.1 Å². The van der Waals surface area contributed by atoms with Gasteiger partial charge in [0.05, 0.1) is 15.2 Å². The summed E-state index contributed by atoms with van der Waals surface area (Å²) in [6.45, 7) is 4.88. The number of nitrogens with zero attached hydrogens (tertiary/aromatic N) is 1. The fourth-order valence-corrected chi connectivity index (χ4v) is 3.13. The first kappa shape index (κ1) is 15.8. The second-order valence-electron chi connectivity index (χ2n) is 4.52. The SMILES string of the molecule is CCCNCCCOc1c(I)cc(Cl)c2cccnc12. The van der Waals surface area contributed by atoms with Gasteiger partial charge in [0.1, 0.15) is 5.52 Å². The quantitative estimate of drug-likeness (QED) is 0.553. The molecule has 1 N–H and O–H groups in total. The van der Waals surface area contributed by atoms with E-state index in [9.17, 15) is 0 Å². The highest BCUT2D eigenvalue weighted by molar-refractivity contribution is 14.1. The first-order chi connectivity index (χ1) is 9.74. The lowest BCUT2D eigenvalue weighted by Crippen LogP contribution is -2.18. The minimum Gasteiger partial charge on any atom is -0.490 e. The number of halogens is 2. The smallest absolute Gasteiger partial charge is 0.158 e. The minimum atomic E-state index is 0.681. The molecule has 0 amide bonds. The van der Waals surface area contributed by atoms with Crippen LogP contribution in [0.2, 0.25) is 5.02 Å². The maximum absolute atomic E-state index is 6.24. The first-order valence-corrected chi connectivity index (χ1v) is 8.26. The number of hydrogen-bond acceptors (Lipinski definition) is 3. The van der Waals surface area contributed by atoms with E-state index in [4.69, 9.17) is 16.3 Å². The zero-order valence-electron chi connectivity index (χ0n) is 11.5. The number of rotatable bonds is 7. The molecule has 0 unspecified atom stereocenters. The zero-order chi connectivity index (χ0) is 14.4. The molecule has 0 radical (unpaired) electrons. The van der Waals surface area contributed by atoms with E-state index in [0.717, 1.165) is 51.2 Å². The van der Waals surface area contributed by atoms with Crippen molar-refractivity contribution >= 4 is 45.1 Å². The molecule has 0 bridgehead atoms. The summed E-state index contributed by atoms with van der Waals surface area (Å²) in [6, 6.07) is 5.78. The van der Waals surface area contributed by atoms with Crippen LogP contribution in [0.4, 0.5) is 0 Å². The number of aromatic nitrogens is 1. The molecule has 20 heavy (non-hydrogen) atoms. The second-order valence-corrected chi connectivity index (χ2v) is 6.09. The van der Waals surface area contributed by atoms with Gasteiger partial charge in [-0.1, -0.05) is 18.5 Å². The molecule has 0 aliphatic heterocycles. The molecular weight excluding hydrogens is 387 g/mol. The van der Waals surface area contributed by atoms with Gasteiger partial charge in [0.2, 0.25) is 0 Å². The molecule has 0 saturated heterocycles. The van der Waals surface area contributed by atoms with Gasteiger partial charge in [0, 0.05) is 11.6 Å². The fourth-order valence-electron chi connectivity index (χ4n) is 1.96. The van der Waals surface area contributed by atoms with E-state index in [1.54, 1.807) is 6.20 Å². The summed E-state index contributed by atoms with van der Waals surface area (Å²) in [5, 5.41) is 5.02. The number of hydrogen-bond donors (Lipinski definition) is 1. The summed E-state index contributed by atoms with van der Waals surface area (Å²) in [4.78, 5) is 4.40. The zero-order valence-corrected chi connectivity index (χ0v) is 14.4. The van der Waals surface area contributed by atoms with E-state index in [1.807, 2.05) is 18.2 Å². The fraction of sp³-hybridized carbons (Fsp3) is 0.400. The van der Waals surface area contributed by atoms with Crippen molar-refractivity contribution in [2.45, 2.75) is 19.8 Å². The van der Waals surface area contributed by atoms with E-state index in [2.05, 4.69) is 39.8 Å². The third-order valence-electron chi connectivity index (χ3n) is 2.92. The Hall–Kier alpha value is -0.590. The third-order valence-corrected chi connectivity index (χ3v) is 4.04. The molecule has 1 heterocycles. The topological polar surface area (TPSA) is 34.1 Å². The molecular formula is C15H18ClIN2O. The van der Waals surface area contributed by atoms with Gasteiger partial charge in [0.25, 0.3) is 0 Å².